The van der Waals surface area contributed by atoms with Crippen molar-refractivity contribution in [3.05, 3.63) is 29.8 Å². The molecule has 4 fully saturated rings. The van der Waals surface area contributed by atoms with Crippen molar-refractivity contribution >= 4 is 17.7 Å². The number of rotatable bonds is 5. The quantitative estimate of drug-likeness (QED) is 0.778. The predicted octanol–water partition coefficient (Wildman–Crippen LogP) is 4.81. The van der Waals surface area contributed by atoms with E-state index in [0.29, 0.717) is 17.2 Å². The van der Waals surface area contributed by atoms with E-state index in [2.05, 4.69) is 43.4 Å². The molecule has 5 rings (SSSR count). The largest absolute Gasteiger partial charge is 0.352 e. The maximum Gasteiger partial charge on any atom is 0.230 e. The Hall–Kier alpha value is -0.960. The van der Waals surface area contributed by atoms with E-state index >= 15 is 0 Å². The third-order valence-electron chi connectivity index (χ3n) is 6.77. The average Bonchev–Trinajstić information content (AvgIpc) is 2.53. The monoisotopic (exact) mass is 343 g/mol. The van der Waals surface area contributed by atoms with Crippen molar-refractivity contribution in [2.24, 2.45) is 23.2 Å². The van der Waals surface area contributed by atoms with E-state index in [0.717, 1.165) is 17.8 Å². The molecule has 1 N–H and O–H groups in total. The second kappa shape index (κ2) is 6.40. The van der Waals surface area contributed by atoms with Crippen LogP contribution in [0.1, 0.15) is 51.0 Å². The number of hydrogen-bond donors (Lipinski definition) is 1. The van der Waals surface area contributed by atoms with Crippen molar-refractivity contribution in [3.8, 4) is 0 Å². The van der Waals surface area contributed by atoms with Gasteiger partial charge >= 0.3 is 0 Å². The van der Waals surface area contributed by atoms with E-state index in [4.69, 9.17) is 0 Å². The average molecular weight is 344 g/mol. The normalized spacial score (nSPS) is 35.0. The highest BCUT2D eigenvalue weighted by Gasteiger charge is 2.53. The Kier molecular flexibility index (Phi) is 4.40. The van der Waals surface area contributed by atoms with Gasteiger partial charge in [0.1, 0.15) is 0 Å². The highest BCUT2D eigenvalue weighted by atomic mass is 32.2. The Morgan fingerprint density at radius 3 is 2.21 bits per heavy atom. The molecule has 0 aromatic heterocycles. The fourth-order valence-corrected chi connectivity index (χ4v) is 6.64. The second-order valence-electron chi connectivity index (χ2n) is 8.67. The summed E-state index contributed by atoms with van der Waals surface area (Å²) in [5, 5.41) is 3.36. The van der Waals surface area contributed by atoms with Crippen LogP contribution in [0.15, 0.2) is 29.2 Å². The molecule has 1 amide bonds. The zero-order chi connectivity index (χ0) is 16.7. The number of thioether (sulfide) groups is 1. The molecule has 1 aromatic carbocycles. The van der Waals surface area contributed by atoms with E-state index in [1.165, 1.54) is 49.0 Å². The molecule has 0 unspecified atom stereocenters. The molecule has 4 aliphatic rings. The van der Waals surface area contributed by atoms with Crippen LogP contribution in [0.3, 0.4) is 0 Å². The Bertz CT molecular complexity index is 573. The lowest BCUT2D eigenvalue weighted by atomic mass is 9.48. The van der Waals surface area contributed by atoms with Crippen LogP contribution in [-0.2, 0) is 4.79 Å². The summed E-state index contributed by atoms with van der Waals surface area (Å²) in [5.41, 5.74) is 1.66. The lowest BCUT2D eigenvalue weighted by Gasteiger charge is -2.59. The smallest absolute Gasteiger partial charge is 0.230 e. The molecule has 3 heteroatoms. The van der Waals surface area contributed by atoms with Crippen molar-refractivity contribution < 1.29 is 4.79 Å². The SMILES string of the molecule is Cc1ccc(SCC(=O)N[C@@H](C)C23CC4CC(CC(C4)C2)C3)cc1. The minimum atomic E-state index is 0.198. The Labute approximate surface area is 150 Å². The zero-order valence-corrected chi connectivity index (χ0v) is 15.7. The second-order valence-corrected chi connectivity index (χ2v) is 9.72. The van der Waals surface area contributed by atoms with Gasteiger partial charge in [-0.05, 0) is 87.7 Å². The van der Waals surface area contributed by atoms with Gasteiger partial charge in [0.15, 0.2) is 0 Å². The molecule has 4 bridgehead atoms. The Morgan fingerprint density at radius 1 is 1.12 bits per heavy atom. The molecule has 130 valence electrons. The van der Waals surface area contributed by atoms with Crippen LogP contribution in [0.25, 0.3) is 0 Å². The third kappa shape index (κ3) is 3.24. The van der Waals surface area contributed by atoms with Gasteiger partial charge in [0.05, 0.1) is 5.75 Å². The number of aryl methyl sites for hydroxylation is 1. The van der Waals surface area contributed by atoms with Crippen molar-refractivity contribution in [2.75, 3.05) is 5.75 Å². The summed E-state index contributed by atoms with van der Waals surface area (Å²) in [6.45, 7) is 4.36. The molecule has 0 aliphatic heterocycles. The zero-order valence-electron chi connectivity index (χ0n) is 14.9. The molecule has 4 saturated carbocycles. The van der Waals surface area contributed by atoms with Gasteiger partial charge in [-0.3, -0.25) is 4.79 Å². The van der Waals surface area contributed by atoms with Crippen molar-refractivity contribution in [1.82, 2.24) is 5.32 Å². The van der Waals surface area contributed by atoms with Crippen LogP contribution in [0.5, 0.6) is 0 Å². The fourth-order valence-electron chi connectivity index (χ4n) is 5.93. The third-order valence-corrected chi connectivity index (χ3v) is 7.78. The number of amides is 1. The van der Waals surface area contributed by atoms with E-state index < -0.39 is 0 Å². The van der Waals surface area contributed by atoms with Gasteiger partial charge in [-0.1, -0.05) is 17.7 Å². The number of nitrogens with one attached hydrogen (secondary N) is 1. The number of carbonyl (C=O) groups excluding carboxylic acids is 1. The van der Waals surface area contributed by atoms with Crippen LogP contribution in [-0.4, -0.2) is 17.7 Å². The molecular formula is C21H29NOS. The summed E-state index contributed by atoms with van der Waals surface area (Å²) in [6.07, 6.45) is 8.44. The lowest BCUT2D eigenvalue weighted by molar-refractivity contribution is -0.123. The van der Waals surface area contributed by atoms with Gasteiger partial charge in [0, 0.05) is 10.9 Å². The van der Waals surface area contributed by atoms with Crippen molar-refractivity contribution in [1.29, 1.82) is 0 Å². The van der Waals surface area contributed by atoms with E-state index in [1.807, 2.05) is 0 Å². The number of carbonyl (C=O) groups is 1. The highest BCUT2D eigenvalue weighted by molar-refractivity contribution is 8.00. The molecule has 0 spiro atoms. The molecule has 0 heterocycles. The molecule has 24 heavy (non-hydrogen) atoms. The summed E-state index contributed by atoms with van der Waals surface area (Å²) in [7, 11) is 0. The Balaban J connectivity index is 1.33. The maximum absolute atomic E-state index is 12.5. The van der Waals surface area contributed by atoms with Gasteiger partial charge in [-0.25, -0.2) is 0 Å². The first-order valence-corrected chi connectivity index (χ1v) is 10.5. The number of benzene rings is 1. The van der Waals surface area contributed by atoms with Crippen molar-refractivity contribution in [2.45, 2.75) is 63.3 Å². The van der Waals surface area contributed by atoms with Gasteiger partial charge in [-0.15, -0.1) is 11.8 Å². The molecular weight excluding hydrogens is 314 g/mol. The van der Waals surface area contributed by atoms with E-state index in [-0.39, 0.29) is 5.91 Å². The van der Waals surface area contributed by atoms with Gasteiger partial charge in [0.2, 0.25) is 5.91 Å². The molecule has 0 radical (unpaired) electrons. The molecule has 1 aromatic rings. The molecule has 4 aliphatic carbocycles. The predicted molar refractivity (Wildman–Crippen MR) is 100 cm³/mol. The summed E-state index contributed by atoms with van der Waals surface area (Å²) in [6, 6.07) is 8.76. The van der Waals surface area contributed by atoms with E-state index in [9.17, 15) is 4.79 Å². The van der Waals surface area contributed by atoms with Gasteiger partial charge < -0.3 is 5.32 Å². The first-order valence-electron chi connectivity index (χ1n) is 9.51. The molecule has 0 saturated heterocycles. The molecule has 2 nitrogen and oxygen atoms in total. The van der Waals surface area contributed by atoms with Crippen LogP contribution in [0.4, 0.5) is 0 Å². The lowest BCUT2D eigenvalue weighted by Crippen LogP contribution is -2.56. The summed E-state index contributed by atoms with van der Waals surface area (Å²) in [5.74, 6) is 3.55. The summed E-state index contributed by atoms with van der Waals surface area (Å²) >= 11 is 1.64. The fraction of sp³-hybridized carbons (Fsp3) is 0.667. The van der Waals surface area contributed by atoms with E-state index in [1.54, 1.807) is 11.8 Å². The minimum Gasteiger partial charge on any atom is -0.352 e. The van der Waals surface area contributed by atoms with Crippen LogP contribution in [0.2, 0.25) is 0 Å². The first kappa shape index (κ1) is 16.5. The topological polar surface area (TPSA) is 29.1 Å². The maximum atomic E-state index is 12.5. The minimum absolute atomic E-state index is 0.198. The standard InChI is InChI=1S/C21H29NOS/c1-14-3-5-19(6-4-14)24-13-20(23)22-15(2)21-10-16-7-17(11-21)9-18(8-16)12-21/h3-6,15-18H,7-13H2,1-2H3,(H,22,23)/t15-,16?,17?,18?,21?/m0/s1. The highest BCUT2D eigenvalue weighted by Crippen LogP contribution is 2.61. The first-order chi connectivity index (χ1) is 11.5. The summed E-state index contributed by atoms with van der Waals surface area (Å²) in [4.78, 5) is 13.6. The van der Waals surface area contributed by atoms with Crippen LogP contribution >= 0.6 is 11.8 Å². The van der Waals surface area contributed by atoms with Gasteiger partial charge in [-0.2, -0.15) is 0 Å². The van der Waals surface area contributed by atoms with Gasteiger partial charge in [0.25, 0.3) is 0 Å². The van der Waals surface area contributed by atoms with Crippen molar-refractivity contribution in [3.63, 3.8) is 0 Å². The Morgan fingerprint density at radius 2 is 1.67 bits per heavy atom. The van der Waals surface area contributed by atoms with Crippen LogP contribution < -0.4 is 5.32 Å². The number of hydrogen-bond acceptors (Lipinski definition) is 2. The molecule has 1 atom stereocenters. The van der Waals surface area contributed by atoms with Crippen LogP contribution in [0, 0.1) is 30.1 Å². The summed E-state index contributed by atoms with van der Waals surface area (Å²) < 4.78 is 0.